The van der Waals surface area contributed by atoms with Gasteiger partial charge in [0.2, 0.25) is 5.79 Å². The van der Waals surface area contributed by atoms with Crippen molar-refractivity contribution in [1.29, 1.82) is 0 Å². The maximum absolute atomic E-state index is 10.8. The summed E-state index contributed by atoms with van der Waals surface area (Å²) in [7, 11) is 3.01. The van der Waals surface area contributed by atoms with Crippen LogP contribution in [0, 0.1) is 0 Å². The Morgan fingerprint density at radius 1 is 0.596 bits per heavy atom. The molecule has 0 amide bonds. The van der Waals surface area contributed by atoms with Crippen molar-refractivity contribution < 1.29 is 57.6 Å². The number of fused-ring (bicyclic) bond motifs is 1. The van der Waals surface area contributed by atoms with Crippen LogP contribution in [0.3, 0.4) is 0 Å². The molecule has 3 aliphatic heterocycles. The van der Waals surface area contributed by atoms with Gasteiger partial charge in [-0.3, -0.25) is 0 Å². The Kier molecular flexibility index (Phi) is 13.5. The van der Waals surface area contributed by atoms with Gasteiger partial charge in [-0.05, 0) is 46.5 Å². The second kappa shape index (κ2) is 17.9. The third-order valence-corrected chi connectivity index (χ3v) is 10.7. The molecular formula is C39H49BrO12. The number of alkyl halides is 1. The Bertz CT molecular complexity index is 1500. The lowest BCUT2D eigenvalue weighted by Gasteiger charge is -2.56. The summed E-state index contributed by atoms with van der Waals surface area (Å²) in [5, 5.41) is 21.4. The number of benzene rings is 3. The van der Waals surface area contributed by atoms with Gasteiger partial charge in [0, 0.05) is 14.2 Å². The van der Waals surface area contributed by atoms with Gasteiger partial charge >= 0.3 is 0 Å². The van der Waals surface area contributed by atoms with Crippen LogP contribution in [0.25, 0.3) is 0 Å². The molecule has 3 heterocycles. The number of aliphatic hydroxyl groups is 2. The topological polar surface area (TPSA) is 133 Å². The van der Waals surface area contributed by atoms with Crippen molar-refractivity contribution in [3.05, 3.63) is 108 Å². The zero-order valence-corrected chi connectivity index (χ0v) is 31.4. The SMILES string of the molecule is CO[C@@H]1O[C@H](CO)[C@@H](O[C@H]2O[C@H](CO)[C@@H](OCc3ccccc3)[C@H](OCc3ccccc3)[C@H]2OCc2ccccc2)[C@@H]2O[C@@](C)(OC)[C@](C)(Br)O[C@@H]12. The van der Waals surface area contributed by atoms with E-state index in [-0.39, 0.29) is 19.8 Å². The van der Waals surface area contributed by atoms with Crippen LogP contribution in [0.15, 0.2) is 91.0 Å². The van der Waals surface area contributed by atoms with Crippen molar-refractivity contribution in [3.8, 4) is 0 Å². The highest BCUT2D eigenvalue weighted by atomic mass is 79.9. The van der Waals surface area contributed by atoms with Crippen molar-refractivity contribution in [2.45, 2.75) is 105 Å². The van der Waals surface area contributed by atoms with E-state index >= 15 is 0 Å². The van der Waals surface area contributed by atoms with Crippen LogP contribution in [0.5, 0.6) is 0 Å². The third kappa shape index (κ3) is 8.79. The average molecular weight is 790 g/mol. The van der Waals surface area contributed by atoms with Crippen molar-refractivity contribution in [2.75, 3.05) is 27.4 Å². The van der Waals surface area contributed by atoms with E-state index in [1.165, 1.54) is 14.2 Å². The molecule has 0 unspecified atom stereocenters. The van der Waals surface area contributed by atoms with Gasteiger partial charge in [-0.15, -0.1) is 0 Å². The third-order valence-electron chi connectivity index (χ3n) is 9.84. The second-order valence-electron chi connectivity index (χ2n) is 13.3. The predicted molar refractivity (Wildman–Crippen MR) is 191 cm³/mol. The molecule has 0 spiro atoms. The molecule has 13 heteroatoms. The molecule has 284 valence electrons. The van der Waals surface area contributed by atoms with Gasteiger partial charge in [0.05, 0.1) is 33.0 Å². The summed E-state index contributed by atoms with van der Waals surface area (Å²) in [5.74, 6) is -1.28. The minimum Gasteiger partial charge on any atom is -0.394 e. The van der Waals surface area contributed by atoms with Crippen molar-refractivity contribution in [2.24, 2.45) is 0 Å². The van der Waals surface area contributed by atoms with E-state index in [1.807, 2.05) is 91.0 Å². The molecule has 12 atom stereocenters. The molecule has 0 saturated carbocycles. The number of aliphatic hydroxyl groups excluding tert-OH is 2. The molecule has 0 aliphatic carbocycles. The van der Waals surface area contributed by atoms with E-state index in [0.29, 0.717) is 0 Å². The normalized spacial score (nSPS) is 36.3. The largest absolute Gasteiger partial charge is 0.394 e. The molecule has 6 rings (SSSR count). The molecule has 0 bridgehead atoms. The molecule has 2 N–H and O–H groups in total. The molecule has 0 radical (unpaired) electrons. The summed E-state index contributed by atoms with van der Waals surface area (Å²) >= 11 is 3.62. The van der Waals surface area contributed by atoms with Gasteiger partial charge in [0.25, 0.3) is 0 Å². The van der Waals surface area contributed by atoms with Crippen LogP contribution >= 0.6 is 15.9 Å². The first-order valence-corrected chi connectivity index (χ1v) is 18.3. The van der Waals surface area contributed by atoms with Crippen LogP contribution in [0.2, 0.25) is 0 Å². The number of rotatable bonds is 15. The number of methoxy groups -OCH3 is 2. The first kappa shape index (κ1) is 39.4. The number of halogens is 1. The van der Waals surface area contributed by atoms with Crippen LogP contribution in [0.4, 0.5) is 0 Å². The van der Waals surface area contributed by atoms with E-state index in [9.17, 15) is 10.2 Å². The van der Waals surface area contributed by atoms with Crippen molar-refractivity contribution in [1.82, 2.24) is 0 Å². The van der Waals surface area contributed by atoms with Crippen molar-refractivity contribution >= 4 is 15.9 Å². The molecule has 3 saturated heterocycles. The summed E-state index contributed by atoms with van der Waals surface area (Å²) in [4.78, 5) is 0. The minimum atomic E-state index is -1.28. The van der Waals surface area contributed by atoms with Gasteiger partial charge in [-0.2, -0.15) is 0 Å². The van der Waals surface area contributed by atoms with Crippen molar-refractivity contribution in [3.63, 3.8) is 0 Å². The summed E-state index contributed by atoms with van der Waals surface area (Å²) in [6, 6.07) is 29.2. The highest BCUT2D eigenvalue weighted by Gasteiger charge is 2.62. The van der Waals surface area contributed by atoms with Gasteiger partial charge in [-0.25, -0.2) is 0 Å². The van der Waals surface area contributed by atoms with E-state index < -0.39 is 84.9 Å². The molecule has 12 nitrogen and oxygen atoms in total. The van der Waals surface area contributed by atoms with E-state index in [0.717, 1.165) is 16.7 Å². The Balaban J connectivity index is 1.36. The van der Waals surface area contributed by atoms with Gasteiger partial charge < -0.3 is 57.6 Å². The predicted octanol–water partition coefficient (Wildman–Crippen LogP) is 4.47. The lowest BCUT2D eigenvalue weighted by atomic mass is 9.94. The molecule has 3 aromatic rings. The minimum absolute atomic E-state index is 0.195. The van der Waals surface area contributed by atoms with E-state index in [2.05, 4.69) is 15.9 Å². The Morgan fingerprint density at radius 3 is 1.54 bits per heavy atom. The number of hydrogen-bond donors (Lipinski definition) is 2. The summed E-state index contributed by atoms with van der Waals surface area (Å²) < 4.78 is 62.9. The Hall–Kier alpha value is -2.34. The summed E-state index contributed by atoms with van der Waals surface area (Å²) in [6.45, 7) is 3.35. The lowest BCUT2D eigenvalue weighted by Crippen LogP contribution is -2.72. The lowest BCUT2D eigenvalue weighted by molar-refractivity contribution is -0.434. The second-order valence-corrected chi connectivity index (χ2v) is 14.8. The maximum Gasteiger partial charge on any atom is 0.205 e. The highest BCUT2D eigenvalue weighted by Crippen LogP contribution is 2.47. The molecule has 3 aromatic carbocycles. The van der Waals surface area contributed by atoms with Gasteiger partial charge in [-0.1, -0.05) is 91.0 Å². The van der Waals surface area contributed by atoms with Gasteiger partial charge in [0.1, 0.15) is 48.8 Å². The molecule has 3 fully saturated rings. The molecule has 3 aliphatic rings. The molecular weight excluding hydrogens is 740 g/mol. The molecule has 0 aromatic heterocycles. The number of hydrogen-bond acceptors (Lipinski definition) is 12. The monoisotopic (exact) mass is 788 g/mol. The Labute approximate surface area is 313 Å². The fraction of sp³-hybridized carbons (Fsp3) is 0.538. The zero-order chi connectivity index (χ0) is 36.7. The number of ether oxygens (including phenoxy) is 10. The fourth-order valence-electron chi connectivity index (χ4n) is 6.75. The van der Waals surface area contributed by atoms with Crippen LogP contribution in [0.1, 0.15) is 30.5 Å². The Morgan fingerprint density at radius 2 is 1.06 bits per heavy atom. The van der Waals surface area contributed by atoms with Crippen LogP contribution in [-0.4, -0.2) is 109 Å². The van der Waals surface area contributed by atoms with Gasteiger partial charge in [0.15, 0.2) is 17.1 Å². The smallest absolute Gasteiger partial charge is 0.205 e. The quantitative estimate of drug-likeness (QED) is 0.211. The highest BCUT2D eigenvalue weighted by molar-refractivity contribution is 9.10. The van der Waals surface area contributed by atoms with E-state index in [4.69, 9.17) is 47.4 Å². The van der Waals surface area contributed by atoms with E-state index in [1.54, 1.807) is 13.8 Å². The zero-order valence-electron chi connectivity index (χ0n) is 29.8. The van der Waals surface area contributed by atoms with Crippen LogP contribution in [-0.2, 0) is 67.2 Å². The summed E-state index contributed by atoms with van der Waals surface area (Å²) in [6.07, 6.45) is -8.99. The average Bonchev–Trinajstić information content (AvgIpc) is 3.17. The summed E-state index contributed by atoms with van der Waals surface area (Å²) in [5.41, 5.74) is 2.80. The van der Waals surface area contributed by atoms with Crippen LogP contribution < -0.4 is 0 Å². The maximum atomic E-state index is 10.8. The first-order valence-electron chi connectivity index (χ1n) is 17.5. The first-order chi connectivity index (χ1) is 25.2. The fourth-order valence-corrected chi connectivity index (χ4v) is 7.23. The standard InChI is InChI=1S/C39H49BrO12/c1-38(40)39(2,44-4)52-33-31(29(21-42)48-36(43-3)35(33)51-38)50-37-34(47-24-27-18-12-7-13-19-27)32(46-23-26-16-10-6-11-17-26)30(28(20-41)49-37)45-22-25-14-8-5-9-15-25/h5-19,28-37,41-42H,20-24H2,1-4H3/t28-,29-,30-,31-,32+,33+,34-,35-,36-,37-,38-,39-/m1/s1. The molecule has 52 heavy (non-hydrogen) atoms.